The van der Waals surface area contributed by atoms with Gasteiger partial charge >= 0.3 is 0 Å². The molecule has 0 spiro atoms. The summed E-state index contributed by atoms with van der Waals surface area (Å²) in [6.45, 7) is 5.94. The minimum Gasteiger partial charge on any atom is -0.398 e. The first-order chi connectivity index (χ1) is 8.97. The van der Waals surface area contributed by atoms with Crippen molar-refractivity contribution in [2.45, 2.75) is 26.7 Å². The highest BCUT2D eigenvalue weighted by molar-refractivity contribution is 7.14. The van der Waals surface area contributed by atoms with Crippen LogP contribution in [-0.4, -0.2) is 15.9 Å². The first-order valence-electron chi connectivity index (χ1n) is 5.96. The lowest BCUT2D eigenvalue weighted by molar-refractivity contribution is 0.102. The molecule has 0 bridgehead atoms. The van der Waals surface area contributed by atoms with Crippen LogP contribution in [-0.2, 0) is 0 Å². The molecule has 0 saturated heterocycles. The highest BCUT2D eigenvalue weighted by Crippen LogP contribution is 2.22. The van der Waals surface area contributed by atoms with Gasteiger partial charge in [-0.25, -0.2) is 4.98 Å². The maximum Gasteiger partial charge on any atom is 0.261 e. The Labute approximate surface area is 115 Å². The highest BCUT2D eigenvalue weighted by atomic mass is 32.1. The van der Waals surface area contributed by atoms with Crippen LogP contribution in [0.25, 0.3) is 0 Å². The summed E-state index contributed by atoms with van der Waals surface area (Å²) in [5.41, 5.74) is 8.35. The van der Waals surface area contributed by atoms with Gasteiger partial charge in [0.2, 0.25) is 0 Å². The fraction of sp³-hybridized carbons (Fsp3) is 0.308. The number of aromatic nitrogens is 2. The zero-order valence-electron chi connectivity index (χ0n) is 11.1. The van der Waals surface area contributed by atoms with Gasteiger partial charge in [0.15, 0.2) is 5.13 Å². The molecule has 0 radical (unpaired) electrons. The smallest absolute Gasteiger partial charge is 0.261 e. The number of anilines is 2. The molecule has 0 unspecified atom stereocenters. The molecule has 0 atom stereocenters. The average molecular weight is 276 g/mol. The van der Waals surface area contributed by atoms with Gasteiger partial charge in [-0.05, 0) is 18.9 Å². The molecule has 100 valence electrons. The van der Waals surface area contributed by atoms with Crippen molar-refractivity contribution in [3.8, 4) is 0 Å². The summed E-state index contributed by atoms with van der Waals surface area (Å²) in [5.74, 6) is 0.0580. The Morgan fingerprint density at radius 3 is 2.79 bits per heavy atom. The number of nitrogens with zero attached hydrogens (tertiary/aromatic N) is 2. The molecule has 2 aromatic rings. The summed E-state index contributed by atoms with van der Waals surface area (Å²) in [7, 11) is 0. The van der Waals surface area contributed by atoms with Crippen LogP contribution >= 0.6 is 11.3 Å². The normalized spacial score (nSPS) is 10.7. The van der Waals surface area contributed by atoms with Gasteiger partial charge in [0.25, 0.3) is 5.91 Å². The van der Waals surface area contributed by atoms with Crippen LogP contribution < -0.4 is 11.1 Å². The lowest BCUT2D eigenvalue weighted by Gasteiger charge is -2.05. The third kappa shape index (κ3) is 3.08. The van der Waals surface area contributed by atoms with E-state index < -0.39 is 0 Å². The molecule has 0 aromatic carbocycles. The van der Waals surface area contributed by atoms with E-state index in [2.05, 4.69) is 29.1 Å². The van der Waals surface area contributed by atoms with Crippen LogP contribution in [0, 0.1) is 6.92 Å². The molecular formula is C13H16N4OS. The number of pyridine rings is 1. The summed E-state index contributed by atoms with van der Waals surface area (Å²) in [4.78, 5) is 20.5. The molecule has 1 amide bonds. The molecule has 0 saturated carbocycles. The summed E-state index contributed by atoms with van der Waals surface area (Å²) >= 11 is 1.41. The third-order valence-corrected chi connectivity index (χ3v) is 3.43. The van der Waals surface area contributed by atoms with Gasteiger partial charge in [-0.15, -0.1) is 11.3 Å². The maximum atomic E-state index is 12.1. The predicted octanol–water partition coefficient (Wildman–Crippen LogP) is 2.80. The van der Waals surface area contributed by atoms with Crippen molar-refractivity contribution in [2.75, 3.05) is 11.1 Å². The van der Waals surface area contributed by atoms with Gasteiger partial charge in [0, 0.05) is 23.0 Å². The Bertz CT molecular complexity index is 606. The lowest BCUT2D eigenvalue weighted by Crippen LogP contribution is -2.14. The molecule has 3 N–H and O–H groups in total. The third-order valence-electron chi connectivity index (χ3n) is 2.65. The van der Waals surface area contributed by atoms with Gasteiger partial charge in [0.1, 0.15) is 0 Å². The Hall–Kier alpha value is -1.95. The minimum absolute atomic E-state index is 0.283. The Balaban J connectivity index is 2.16. The maximum absolute atomic E-state index is 12.1. The van der Waals surface area contributed by atoms with Crippen LogP contribution in [0.2, 0.25) is 0 Å². The SMILES string of the molecule is Cc1cc(N)c(C(=O)Nc2nc(C(C)C)cs2)cn1. The number of nitrogens with one attached hydrogen (secondary N) is 1. The molecule has 0 aliphatic heterocycles. The highest BCUT2D eigenvalue weighted by Gasteiger charge is 2.13. The molecule has 0 aliphatic carbocycles. The van der Waals surface area contributed by atoms with Crippen LogP contribution in [0.3, 0.4) is 0 Å². The monoisotopic (exact) mass is 276 g/mol. The van der Waals surface area contributed by atoms with E-state index in [-0.39, 0.29) is 5.91 Å². The van der Waals surface area contributed by atoms with Crippen molar-refractivity contribution in [2.24, 2.45) is 0 Å². The van der Waals surface area contributed by atoms with Crippen LogP contribution in [0.15, 0.2) is 17.6 Å². The molecule has 2 heterocycles. The molecule has 0 aliphatic rings. The average Bonchev–Trinajstić information content (AvgIpc) is 2.77. The first-order valence-corrected chi connectivity index (χ1v) is 6.84. The fourth-order valence-electron chi connectivity index (χ4n) is 1.54. The molecule has 6 heteroatoms. The number of thiazole rings is 1. The number of nitrogen functional groups attached to an aromatic ring is 1. The second-order valence-corrected chi connectivity index (χ2v) is 5.46. The zero-order valence-corrected chi connectivity index (χ0v) is 11.9. The zero-order chi connectivity index (χ0) is 14.0. The second-order valence-electron chi connectivity index (χ2n) is 4.60. The van der Waals surface area contributed by atoms with E-state index in [4.69, 9.17) is 5.73 Å². The van der Waals surface area contributed by atoms with Crippen molar-refractivity contribution < 1.29 is 4.79 Å². The molecular weight excluding hydrogens is 260 g/mol. The van der Waals surface area contributed by atoms with Crippen LogP contribution in [0.5, 0.6) is 0 Å². The van der Waals surface area contributed by atoms with E-state index in [9.17, 15) is 4.79 Å². The first kappa shape index (κ1) is 13.5. The Morgan fingerprint density at radius 1 is 1.47 bits per heavy atom. The summed E-state index contributed by atoms with van der Waals surface area (Å²) in [6.07, 6.45) is 1.48. The second kappa shape index (κ2) is 5.36. The van der Waals surface area contributed by atoms with E-state index in [0.29, 0.717) is 22.3 Å². The molecule has 2 rings (SSSR count). The van der Waals surface area contributed by atoms with E-state index in [1.54, 1.807) is 6.07 Å². The summed E-state index contributed by atoms with van der Waals surface area (Å²) < 4.78 is 0. The molecule has 2 aromatic heterocycles. The standard InChI is InChI=1S/C13H16N4OS/c1-7(2)11-6-19-13(16-11)17-12(18)9-5-15-8(3)4-10(9)14/h4-7H,1-3H3,(H2,14,15)(H,16,17,18). The number of rotatable bonds is 3. The number of amides is 1. The topological polar surface area (TPSA) is 80.9 Å². The quantitative estimate of drug-likeness (QED) is 0.903. The van der Waals surface area contributed by atoms with Crippen molar-refractivity contribution in [3.63, 3.8) is 0 Å². The minimum atomic E-state index is -0.283. The fourth-order valence-corrected chi connectivity index (χ4v) is 2.41. The van der Waals surface area contributed by atoms with E-state index >= 15 is 0 Å². The van der Waals surface area contributed by atoms with Gasteiger partial charge in [-0.3, -0.25) is 15.1 Å². The van der Waals surface area contributed by atoms with Crippen molar-refractivity contribution >= 4 is 28.1 Å². The summed E-state index contributed by atoms with van der Waals surface area (Å²) in [6, 6.07) is 1.68. The van der Waals surface area contributed by atoms with E-state index in [1.165, 1.54) is 17.5 Å². The number of carbonyl (C=O) groups excluding carboxylic acids is 1. The van der Waals surface area contributed by atoms with Gasteiger partial charge < -0.3 is 5.73 Å². The Kier molecular flexibility index (Phi) is 3.80. The van der Waals surface area contributed by atoms with Crippen molar-refractivity contribution in [3.05, 3.63) is 34.6 Å². The number of carbonyl (C=O) groups is 1. The number of hydrogen-bond donors (Lipinski definition) is 2. The Morgan fingerprint density at radius 2 is 2.21 bits per heavy atom. The van der Waals surface area contributed by atoms with E-state index in [0.717, 1.165) is 11.4 Å². The summed E-state index contributed by atoms with van der Waals surface area (Å²) in [5, 5.41) is 5.26. The predicted molar refractivity (Wildman–Crippen MR) is 77.5 cm³/mol. The number of nitrogens with two attached hydrogens (primary N) is 1. The molecule has 0 fully saturated rings. The molecule has 5 nitrogen and oxygen atoms in total. The van der Waals surface area contributed by atoms with Gasteiger partial charge in [-0.1, -0.05) is 13.8 Å². The van der Waals surface area contributed by atoms with E-state index in [1.807, 2.05) is 12.3 Å². The lowest BCUT2D eigenvalue weighted by atomic mass is 10.2. The van der Waals surface area contributed by atoms with Gasteiger partial charge in [0.05, 0.1) is 11.3 Å². The van der Waals surface area contributed by atoms with Crippen molar-refractivity contribution in [1.29, 1.82) is 0 Å². The largest absolute Gasteiger partial charge is 0.398 e. The van der Waals surface area contributed by atoms with Crippen LogP contribution in [0.1, 0.15) is 41.5 Å². The molecule has 19 heavy (non-hydrogen) atoms. The number of hydrogen-bond acceptors (Lipinski definition) is 5. The van der Waals surface area contributed by atoms with Crippen molar-refractivity contribution in [1.82, 2.24) is 9.97 Å². The van der Waals surface area contributed by atoms with Crippen LogP contribution in [0.4, 0.5) is 10.8 Å². The number of aryl methyl sites for hydroxylation is 1. The van der Waals surface area contributed by atoms with Gasteiger partial charge in [-0.2, -0.15) is 0 Å².